The fourth-order valence-corrected chi connectivity index (χ4v) is 2.43. The fourth-order valence-electron chi connectivity index (χ4n) is 2.43. The van der Waals surface area contributed by atoms with Crippen LogP contribution in [-0.4, -0.2) is 35.4 Å². The number of aromatic nitrogens is 1. The number of carbonyl (C=O) groups is 2. The smallest absolute Gasteiger partial charge is 0.222 e. The van der Waals surface area contributed by atoms with E-state index in [1.54, 1.807) is 24.4 Å². The van der Waals surface area contributed by atoms with Crippen molar-refractivity contribution in [1.29, 1.82) is 0 Å². The van der Waals surface area contributed by atoms with Crippen molar-refractivity contribution >= 4 is 11.8 Å². The molecule has 1 aromatic heterocycles. The van der Waals surface area contributed by atoms with E-state index in [1.165, 1.54) is 6.92 Å². The largest absolute Gasteiger partial charge is 0.496 e. The van der Waals surface area contributed by atoms with Crippen molar-refractivity contribution in [3.8, 4) is 5.75 Å². The topological polar surface area (TPSA) is 71.5 Å². The Balaban J connectivity index is 1.83. The van der Waals surface area contributed by atoms with E-state index in [0.717, 1.165) is 16.9 Å². The first kappa shape index (κ1) is 18.4. The number of nitrogens with zero attached hydrogens (tertiary/aromatic N) is 2. The van der Waals surface area contributed by atoms with Gasteiger partial charge in [-0.3, -0.25) is 14.6 Å². The van der Waals surface area contributed by atoms with E-state index >= 15 is 0 Å². The fraction of sp³-hybridized carbons (Fsp3) is 0.316. The Hall–Kier alpha value is -2.89. The Morgan fingerprint density at radius 2 is 2.00 bits per heavy atom. The molecule has 1 aromatic carbocycles. The molecule has 6 nitrogen and oxygen atoms in total. The van der Waals surface area contributed by atoms with Gasteiger partial charge in [0.05, 0.1) is 7.11 Å². The minimum atomic E-state index is -0.108. The van der Waals surface area contributed by atoms with Crippen LogP contribution < -0.4 is 10.1 Å². The summed E-state index contributed by atoms with van der Waals surface area (Å²) in [4.78, 5) is 29.6. The van der Waals surface area contributed by atoms with Crippen molar-refractivity contribution < 1.29 is 14.3 Å². The van der Waals surface area contributed by atoms with E-state index in [4.69, 9.17) is 4.74 Å². The maximum absolute atomic E-state index is 12.1. The van der Waals surface area contributed by atoms with Gasteiger partial charge in [0.1, 0.15) is 5.75 Å². The number of benzene rings is 1. The molecule has 0 saturated carbocycles. The van der Waals surface area contributed by atoms with E-state index in [-0.39, 0.29) is 18.2 Å². The summed E-state index contributed by atoms with van der Waals surface area (Å²) in [6, 6.07) is 11.3. The predicted octanol–water partition coefficient (Wildman–Crippen LogP) is 2.15. The third-order valence-corrected chi connectivity index (χ3v) is 3.82. The number of hydrogen-bond acceptors (Lipinski definition) is 4. The van der Waals surface area contributed by atoms with Crippen LogP contribution in [0.25, 0.3) is 0 Å². The van der Waals surface area contributed by atoms with Crippen LogP contribution in [-0.2, 0) is 22.7 Å². The zero-order valence-electron chi connectivity index (χ0n) is 14.6. The monoisotopic (exact) mass is 341 g/mol. The van der Waals surface area contributed by atoms with Gasteiger partial charge >= 0.3 is 0 Å². The molecule has 0 bridgehead atoms. The molecular weight excluding hydrogens is 318 g/mol. The molecule has 0 saturated heterocycles. The Morgan fingerprint density at radius 3 is 2.68 bits per heavy atom. The zero-order chi connectivity index (χ0) is 18.1. The molecule has 1 N–H and O–H groups in total. The third-order valence-electron chi connectivity index (χ3n) is 3.82. The number of methoxy groups -OCH3 is 1. The van der Waals surface area contributed by atoms with Crippen LogP contribution in [0.3, 0.4) is 0 Å². The molecule has 0 aliphatic heterocycles. The van der Waals surface area contributed by atoms with Crippen molar-refractivity contribution in [2.24, 2.45) is 0 Å². The van der Waals surface area contributed by atoms with E-state index in [1.807, 2.05) is 36.4 Å². The van der Waals surface area contributed by atoms with E-state index < -0.39 is 0 Å². The first-order valence-corrected chi connectivity index (χ1v) is 8.13. The number of ether oxygens (including phenoxy) is 1. The summed E-state index contributed by atoms with van der Waals surface area (Å²) in [6.45, 7) is 2.71. The molecule has 0 aliphatic rings. The minimum Gasteiger partial charge on any atom is -0.496 e. The molecule has 0 atom stereocenters. The van der Waals surface area contributed by atoms with Gasteiger partial charge in [0.15, 0.2) is 0 Å². The van der Waals surface area contributed by atoms with Crippen molar-refractivity contribution in [3.05, 3.63) is 59.9 Å². The number of pyridine rings is 1. The summed E-state index contributed by atoms with van der Waals surface area (Å²) in [5.74, 6) is 0.564. The molecule has 2 amide bonds. The molecule has 2 aromatic rings. The van der Waals surface area contributed by atoms with Crippen LogP contribution in [0.5, 0.6) is 5.75 Å². The number of para-hydroxylation sites is 1. The maximum atomic E-state index is 12.1. The second-order valence-electron chi connectivity index (χ2n) is 5.64. The summed E-state index contributed by atoms with van der Waals surface area (Å²) in [5, 5.41) is 2.86. The highest BCUT2D eigenvalue weighted by Crippen LogP contribution is 2.16. The lowest BCUT2D eigenvalue weighted by Crippen LogP contribution is -2.33. The summed E-state index contributed by atoms with van der Waals surface area (Å²) in [7, 11) is 1.60. The van der Waals surface area contributed by atoms with Crippen molar-refractivity contribution in [2.45, 2.75) is 26.4 Å². The molecule has 0 radical (unpaired) electrons. The van der Waals surface area contributed by atoms with E-state index in [2.05, 4.69) is 10.3 Å². The number of nitrogens with one attached hydrogen (secondary N) is 1. The van der Waals surface area contributed by atoms with Crippen LogP contribution in [0.4, 0.5) is 0 Å². The average molecular weight is 341 g/mol. The van der Waals surface area contributed by atoms with Gasteiger partial charge in [-0.2, -0.15) is 0 Å². The van der Waals surface area contributed by atoms with Gasteiger partial charge in [0, 0.05) is 50.9 Å². The lowest BCUT2D eigenvalue weighted by molar-refractivity contribution is -0.130. The zero-order valence-corrected chi connectivity index (χ0v) is 14.6. The predicted molar refractivity (Wildman–Crippen MR) is 94.8 cm³/mol. The highest BCUT2D eigenvalue weighted by molar-refractivity contribution is 5.78. The van der Waals surface area contributed by atoms with E-state index in [0.29, 0.717) is 19.6 Å². The molecule has 1 heterocycles. The molecule has 0 unspecified atom stereocenters. The van der Waals surface area contributed by atoms with Gasteiger partial charge in [-0.05, 0) is 17.7 Å². The highest BCUT2D eigenvalue weighted by atomic mass is 16.5. The van der Waals surface area contributed by atoms with Crippen LogP contribution in [0.2, 0.25) is 0 Å². The number of amides is 2. The minimum absolute atomic E-state index is 0.0682. The third kappa shape index (κ3) is 5.91. The Kier molecular flexibility index (Phi) is 6.95. The number of carbonyl (C=O) groups excluding carboxylic acids is 2. The molecule has 0 aliphatic carbocycles. The van der Waals surface area contributed by atoms with Gasteiger partial charge in [0.25, 0.3) is 0 Å². The molecular formula is C19H23N3O3. The van der Waals surface area contributed by atoms with Gasteiger partial charge in [0.2, 0.25) is 11.8 Å². The number of hydrogen-bond donors (Lipinski definition) is 1. The highest BCUT2D eigenvalue weighted by Gasteiger charge is 2.12. The second-order valence-corrected chi connectivity index (χ2v) is 5.64. The molecule has 2 rings (SSSR count). The van der Waals surface area contributed by atoms with Gasteiger partial charge in [-0.25, -0.2) is 0 Å². The Bertz CT molecular complexity index is 704. The second kappa shape index (κ2) is 9.42. The molecule has 132 valence electrons. The van der Waals surface area contributed by atoms with Crippen molar-refractivity contribution in [1.82, 2.24) is 15.2 Å². The van der Waals surface area contributed by atoms with Gasteiger partial charge < -0.3 is 15.0 Å². The van der Waals surface area contributed by atoms with Crippen molar-refractivity contribution in [3.63, 3.8) is 0 Å². The lowest BCUT2D eigenvalue weighted by atomic mass is 10.2. The SMILES string of the molecule is COc1ccccc1CNC(=O)CCN(Cc1cccnc1)C(C)=O. The summed E-state index contributed by atoms with van der Waals surface area (Å²) in [5.41, 5.74) is 1.85. The molecule has 6 heteroatoms. The first-order chi connectivity index (χ1) is 12.1. The Labute approximate surface area is 147 Å². The van der Waals surface area contributed by atoms with Gasteiger partial charge in [-0.1, -0.05) is 24.3 Å². The van der Waals surface area contributed by atoms with Gasteiger partial charge in [-0.15, -0.1) is 0 Å². The lowest BCUT2D eigenvalue weighted by Gasteiger charge is -2.20. The van der Waals surface area contributed by atoms with Crippen LogP contribution >= 0.6 is 0 Å². The average Bonchev–Trinajstić information content (AvgIpc) is 2.64. The normalized spacial score (nSPS) is 10.2. The maximum Gasteiger partial charge on any atom is 0.222 e. The van der Waals surface area contributed by atoms with Crippen molar-refractivity contribution in [2.75, 3.05) is 13.7 Å². The summed E-state index contributed by atoms with van der Waals surface area (Å²) < 4.78 is 5.26. The molecule has 0 spiro atoms. The van der Waals surface area contributed by atoms with Crippen LogP contribution in [0.15, 0.2) is 48.8 Å². The molecule has 25 heavy (non-hydrogen) atoms. The first-order valence-electron chi connectivity index (χ1n) is 8.13. The molecule has 0 fully saturated rings. The number of rotatable bonds is 8. The quantitative estimate of drug-likeness (QED) is 0.798. The summed E-state index contributed by atoms with van der Waals surface area (Å²) >= 11 is 0. The van der Waals surface area contributed by atoms with Crippen LogP contribution in [0, 0.1) is 0 Å². The standard InChI is InChI=1S/C19H23N3O3/c1-15(23)22(14-16-6-5-10-20-12-16)11-9-19(24)21-13-17-7-3-4-8-18(17)25-2/h3-8,10,12H,9,11,13-14H2,1-2H3,(H,21,24). The summed E-state index contributed by atoms with van der Waals surface area (Å²) in [6.07, 6.45) is 3.65. The van der Waals surface area contributed by atoms with Crippen LogP contribution in [0.1, 0.15) is 24.5 Å². The Morgan fingerprint density at radius 1 is 1.20 bits per heavy atom. The van der Waals surface area contributed by atoms with E-state index in [9.17, 15) is 9.59 Å².